The third-order valence-electron chi connectivity index (χ3n) is 4.53. The van der Waals surface area contributed by atoms with Gasteiger partial charge in [-0.1, -0.05) is 6.07 Å². The summed E-state index contributed by atoms with van der Waals surface area (Å²) in [4.78, 5) is 16.8. The van der Waals surface area contributed by atoms with Crippen LogP contribution >= 0.6 is 0 Å². The number of ether oxygens (including phenoxy) is 1. The fraction of sp³-hybridized carbons (Fsp3) is 0.316. The lowest BCUT2D eigenvalue weighted by Crippen LogP contribution is -2.36. The molecule has 134 valence electrons. The average Bonchev–Trinajstić information content (AvgIpc) is 2.67. The van der Waals surface area contributed by atoms with Gasteiger partial charge in [-0.2, -0.15) is 5.26 Å². The quantitative estimate of drug-likeness (QED) is 0.907. The van der Waals surface area contributed by atoms with Crippen molar-refractivity contribution >= 4 is 6.09 Å². The molecule has 1 aliphatic heterocycles. The molecule has 0 unspecified atom stereocenters. The summed E-state index contributed by atoms with van der Waals surface area (Å²) in [6.07, 6.45) is 2.50. The number of likely N-dealkylation sites (tertiary alicyclic amines) is 1. The Kier molecular flexibility index (Phi) is 5.32. The summed E-state index contributed by atoms with van der Waals surface area (Å²) in [7, 11) is 0. The van der Waals surface area contributed by atoms with Gasteiger partial charge in [0.25, 0.3) is 0 Å². The van der Waals surface area contributed by atoms with Crippen molar-refractivity contribution in [3.8, 4) is 11.8 Å². The summed E-state index contributed by atoms with van der Waals surface area (Å²) in [5.74, 6) is 0.0371. The molecule has 2 heterocycles. The Morgan fingerprint density at radius 3 is 2.69 bits per heavy atom. The summed E-state index contributed by atoms with van der Waals surface area (Å²) in [6, 6.07) is 9.71. The first-order valence-corrected chi connectivity index (χ1v) is 8.32. The summed E-state index contributed by atoms with van der Waals surface area (Å²) >= 11 is 0. The normalized spacial score (nSPS) is 14.7. The van der Waals surface area contributed by atoms with Gasteiger partial charge in [-0.15, -0.1) is 0 Å². The highest BCUT2D eigenvalue weighted by Crippen LogP contribution is 2.27. The van der Waals surface area contributed by atoms with E-state index in [0.29, 0.717) is 30.5 Å². The van der Waals surface area contributed by atoms with Crippen molar-refractivity contribution in [2.24, 2.45) is 0 Å². The number of rotatable bonds is 4. The second-order valence-corrected chi connectivity index (χ2v) is 6.17. The van der Waals surface area contributed by atoms with E-state index in [-0.39, 0.29) is 12.2 Å². The number of carboxylic acid groups (broad SMARTS) is 1. The number of nitriles is 1. The van der Waals surface area contributed by atoms with Crippen molar-refractivity contribution < 1.29 is 19.0 Å². The maximum absolute atomic E-state index is 13.6. The Morgan fingerprint density at radius 1 is 1.35 bits per heavy atom. The number of pyridine rings is 1. The number of nitrogens with zero attached hydrogens (tertiary/aromatic N) is 3. The Bertz CT molecular complexity index is 825. The highest BCUT2D eigenvalue weighted by Gasteiger charge is 2.23. The topological polar surface area (TPSA) is 86.5 Å². The van der Waals surface area contributed by atoms with E-state index in [1.54, 1.807) is 18.3 Å². The first-order chi connectivity index (χ1) is 12.6. The zero-order chi connectivity index (χ0) is 18.5. The van der Waals surface area contributed by atoms with Crippen molar-refractivity contribution in [1.29, 1.82) is 5.26 Å². The van der Waals surface area contributed by atoms with Gasteiger partial charge >= 0.3 is 6.09 Å². The van der Waals surface area contributed by atoms with Crippen LogP contribution in [0.25, 0.3) is 0 Å². The molecule has 0 aliphatic carbocycles. The van der Waals surface area contributed by atoms with Crippen molar-refractivity contribution in [3.05, 3.63) is 59.2 Å². The zero-order valence-electron chi connectivity index (χ0n) is 14.1. The van der Waals surface area contributed by atoms with Crippen LogP contribution in [-0.2, 0) is 6.61 Å². The third-order valence-corrected chi connectivity index (χ3v) is 4.53. The Hall–Kier alpha value is -3.14. The monoisotopic (exact) mass is 355 g/mol. The van der Waals surface area contributed by atoms with Gasteiger partial charge in [0.1, 0.15) is 24.2 Å². The van der Waals surface area contributed by atoms with Crippen molar-refractivity contribution in [2.75, 3.05) is 13.1 Å². The fourth-order valence-electron chi connectivity index (χ4n) is 3.00. The molecule has 0 spiro atoms. The Balaban J connectivity index is 1.56. The smallest absolute Gasteiger partial charge is 0.407 e. The van der Waals surface area contributed by atoms with Crippen LogP contribution in [0.5, 0.6) is 5.75 Å². The first kappa shape index (κ1) is 17.7. The van der Waals surface area contributed by atoms with Gasteiger partial charge in [-0.05, 0) is 42.5 Å². The van der Waals surface area contributed by atoms with Crippen LogP contribution in [0.15, 0.2) is 36.5 Å². The lowest BCUT2D eigenvalue weighted by atomic mass is 9.90. The molecule has 0 saturated carbocycles. The molecule has 0 bridgehead atoms. The van der Waals surface area contributed by atoms with Crippen LogP contribution in [0.2, 0.25) is 0 Å². The van der Waals surface area contributed by atoms with E-state index in [9.17, 15) is 9.18 Å². The highest BCUT2D eigenvalue weighted by molar-refractivity contribution is 5.65. The molecular formula is C19H18FN3O3. The van der Waals surface area contributed by atoms with E-state index in [2.05, 4.69) is 4.98 Å². The second kappa shape index (κ2) is 7.83. The van der Waals surface area contributed by atoms with Gasteiger partial charge in [-0.3, -0.25) is 4.98 Å². The first-order valence-electron chi connectivity index (χ1n) is 8.32. The lowest BCUT2D eigenvalue weighted by molar-refractivity contribution is 0.132. The standard InChI is InChI=1S/C19H18FN3O3/c20-18-9-17(4-2-14(18)10-21)26-12-16-3-1-15(11-22-16)13-5-7-23(8-6-13)19(24)25/h1-4,9,11,13H,5-8,12H2,(H,24,25). The number of amides is 1. The molecule has 7 heteroatoms. The maximum atomic E-state index is 13.6. The molecule has 2 aromatic rings. The molecule has 1 saturated heterocycles. The second-order valence-electron chi connectivity index (χ2n) is 6.17. The van der Waals surface area contributed by atoms with E-state index in [4.69, 9.17) is 15.1 Å². The zero-order valence-corrected chi connectivity index (χ0v) is 14.1. The Labute approximate surface area is 150 Å². The van der Waals surface area contributed by atoms with E-state index in [1.807, 2.05) is 12.1 Å². The number of hydrogen-bond acceptors (Lipinski definition) is 4. The molecule has 0 atom stereocenters. The number of halogens is 1. The van der Waals surface area contributed by atoms with Crippen LogP contribution in [0.1, 0.15) is 35.6 Å². The van der Waals surface area contributed by atoms with Crippen LogP contribution in [0.3, 0.4) is 0 Å². The minimum Gasteiger partial charge on any atom is -0.487 e. The molecule has 3 rings (SSSR count). The maximum Gasteiger partial charge on any atom is 0.407 e. The van der Waals surface area contributed by atoms with Gasteiger partial charge < -0.3 is 14.7 Å². The van der Waals surface area contributed by atoms with Crippen LogP contribution in [0.4, 0.5) is 9.18 Å². The summed E-state index contributed by atoms with van der Waals surface area (Å²) in [6.45, 7) is 1.27. The summed E-state index contributed by atoms with van der Waals surface area (Å²) in [5, 5.41) is 17.7. The van der Waals surface area contributed by atoms with E-state index >= 15 is 0 Å². The van der Waals surface area contributed by atoms with E-state index in [0.717, 1.165) is 18.4 Å². The molecule has 6 nitrogen and oxygen atoms in total. The van der Waals surface area contributed by atoms with E-state index < -0.39 is 11.9 Å². The van der Waals surface area contributed by atoms with Crippen LogP contribution in [-0.4, -0.2) is 34.2 Å². The molecule has 1 amide bonds. The molecule has 1 aromatic carbocycles. The number of aromatic nitrogens is 1. The molecule has 1 fully saturated rings. The van der Waals surface area contributed by atoms with Gasteiger partial charge in [-0.25, -0.2) is 9.18 Å². The predicted molar refractivity (Wildman–Crippen MR) is 91.3 cm³/mol. The van der Waals surface area contributed by atoms with E-state index in [1.165, 1.54) is 17.0 Å². The van der Waals surface area contributed by atoms with Crippen molar-refractivity contribution in [3.63, 3.8) is 0 Å². The molecule has 26 heavy (non-hydrogen) atoms. The third kappa shape index (κ3) is 4.09. The van der Waals surface area contributed by atoms with Crippen molar-refractivity contribution in [1.82, 2.24) is 9.88 Å². The highest BCUT2D eigenvalue weighted by atomic mass is 19.1. The van der Waals surface area contributed by atoms with Crippen molar-refractivity contribution in [2.45, 2.75) is 25.4 Å². The molecule has 1 N–H and O–H groups in total. The number of carbonyl (C=O) groups is 1. The lowest BCUT2D eigenvalue weighted by Gasteiger charge is -2.30. The largest absolute Gasteiger partial charge is 0.487 e. The Morgan fingerprint density at radius 2 is 2.12 bits per heavy atom. The van der Waals surface area contributed by atoms with Gasteiger partial charge in [0.15, 0.2) is 0 Å². The van der Waals surface area contributed by atoms with Gasteiger partial charge in [0, 0.05) is 25.4 Å². The van der Waals surface area contributed by atoms with Gasteiger partial charge in [0.2, 0.25) is 0 Å². The molecule has 0 radical (unpaired) electrons. The number of piperidine rings is 1. The molecule has 1 aliphatic rings. The molecular weight excluding hydrogens is 337 g/mol. The van der Waals surface area contributed by atoms with Gasteiger partial charge in [0.05, 0.1) is 11.3 Å². The summed E-state index contributed by atoms with van der Waals surface area (Å²) < 4.78 is 19.1. The predicted octanol–water partition coefficient (Wildman–Crippen LogP) is 3.53. The number of hydrogen-bond donors (Lipinski definition) is 1. The minimum atomic E-state index is -0.867. The fourth-order valence-corrected chi connectivity index (χ4v) is 3.00. The van der Waals surface area contributed by atoms with Crippen LogP contribution in [0, 0.1) is 17.1 Å². The van der Waals surface area contributed by atoms with Crippen LogP contribution < -0.4 is 4.74 Å². The average molecular weight is 355 g/mol. The SMILES string of the molecule is N#Cc1ccc(OCc2ccc(C3CCN(C(=O)O)CC3)cn2)cc1F. The molecule has 1 aromatic heterocycles. The number of benzene rings is 1. The minimum absolute atomic E-state index is 0.0197. The summed E-state index contributed by atoms with van der Waals surface area (Å²) in [5.41, 5.74) is 1.78.